The minimum absolute atomic E-state index is 0.330. The Kier molecular flexibility index (Phi) is 3.55. The normalized spacial score (nSPS) is 21.1. The molecule has 2 nitrogen and oxygen atoms in total. The zero-order chi connectivity index (χ0) is 13.3. The van der Waals surface area contributed by atoms with Gasteiger partial charge >= 0.3 is 5.97 Å². The molecule has 1 atom stereocenters. The van der Waals surface area contributed by atoms with Gasteiger partial charge in [0.15, 0.2) is 0 Å². The number of carboxylic acids is 1. The highest BCUT2D eigenvalue weighted by Gasteiger charge is 2.21. The van der Waals surface area contributed by atoms with Crippen molar-refractivity contribution in [3.05, 3.63) is 41.0 Å². The summed E-state index contributed by atoms with van der Waals surface area (Å²) in [6, 6.07) is 6.49. The monoisotopic (exact) mass is 244 g/mol. The van der Waals surface area contributed by atoms with E-state index >= 15 is 0 Å². The Labute approximate surface area is 108 Å². The van der Waals surface area contributed by atoms with E-state index in [1.807, 2.05) is 0 Å². The quantitative estimate of drug-likeness (QED) is 0.802. The average Bonchev–Trinajstić information content (AvgIpc) is 2.31. The maximum atomic E-state index is 11.0. The van der Waals surface area contributed by atoms with Crippen LogP contribution in [0, 0.1) is 5.92 Å². The summed E-state index contributed by atoms with van der Waals surface area (Å²) in [4.78, 5) is 11.0. The maximum absolute atomic E-state index is 11.0. The lowest BCUT2D eigenvalue weighted by Gasteiger charge is -2.26. The van der Waals surface area contributed by atoms with Crippen molar-refractivity contribution >= 4 is 11.5 Å². The van der Waals surface area contributed by atoms with E-state index in [0.717, 1.165) is 24.0 Å². The Bertz CT molecular complexity index is 498. The van der Waals surface area contributed by atoms with Gasteiger partial charge in [0, 0.05) is 6.08 Å². The highest BCUT2D eigenvalue weighted by molar-refractivity contribution is 5.91. The van der Waals surface area contributed by atoms with E-state index in [4.69, 9.17) is 5.11 Å². The summed E-state index contributed by atoms with van der Waals surface area (Å²) in [6.07, 6.45) is 3.46. The SMILES string of the molecule is CC1CCc2ccc(C(C)C)cc2/C1=C/C(=O)O. The molecule has 0 saturated heterocycles. The van der Waals surface area contributed by atoms with Gasteiger partial charge in [-0.15, -0.1) is 0 Å². The molecule has 0 aliphatic heterocycles. The fraction of sp³-hybridized carbons (Fsp3) is 0.438. The molecule has 0 saturated carbocycles. The fourth-order valence-corrected chi connectivity index (χ4v) is 2.59. The van der Waals surface area contributed by atoms with Crippen LogP contribution < -0.4 is 0 Å². The molecule has 1 unspecified atom stereocenters. The first-order valence-corrected chi connectivity index (χ1v) is 6.56. The second-order valence-electron chi connectivity index (χ2n) is 5.45. The third-order valence-corrected chi connectivity index (χ3v) is 3.77. The first-order chi connectivity index (χ1) is 8.49. The zero-order valence-electron chi connectivity index (χ0n) is 11.2. The topological polar surface area (TPSA) is 37.3 Å². The van der Waals surface area contributed by atoms with Crippen molar-refractivity contribution in [1.29, 1.82) is 0 Å². The van der Waals surface area contributed by atoms with E-state index < -0.39 is 5.97 Å². The van der Waals surface area contributed by atoms with Crippen molar-refractivity contribution in [1.82, 2.24) is 0 Å². The molecule has 1 N–H and O–H groups in total. The summed E-state index contributed by atoms with van der Waals surface area (Å²) < 4.78 is 0. The van der Waals surface area contributed by atoms with Crippen LogP contribution in [-0.4, -0.2) is 11.1 Å². The highest BCUT2D eigenvalue weighted by atomic mass is 16.4. The lowest BCUT2D eigenvalue weighted by molar-refractivity contribution is -0.131. The molecule has 0 aromatic heterocycles. The van der Waals surface area contributed by atoms with Crippen molar-refractivity contribution in [3.8, 4) is 0 Å². The van der Waals surface area contributed by atoms with Crippen LogP contribution in [0.15, 0.2) is 24.3 Å². The number of aryl methyl sites for hydroxylation is 1. The summed E-state index contributed by atoms with van der Waals surface area (Å²) >= 11 is 0. The average molecular weight is 244 g/mol. The van der Waals surface area contributed by atoms with Crippen LogP contribution in [0.25, 0.3) is 5.57 Å². The van der Waals surface area contributed by atoms with Gasteiger partial charge in [-0.3, -0.25) is 0 Å². The summed E-state index contributed by atoms with van der Waals surface area (Å²) in [7, 11) is 0. The zero-order valence-corrected chi connectivity index (χ0v) is 11.2. The molecule has 18 heavy (non-hydrogen) atoms. The Balaban J connectivity index is 2.53. The molecule has 2 rings (SSSR count). The molecule has 0 amide bonds. The Hall–Kier alpha value is -1.57. The number of hydrogen-bond donors (Lipinski definition) is 1. The highest BCUT2D eigenvalue weighted by Crippen LogP contribution is 2.36. The van der Waals surface area contributed by atoms with Gasteiger partial charge in [-0.05, 0) is 46.9 Å². The number of allylic oxidation sites excluding steroid dienone is 1. The Morgan fingerprint density at radius 3 is 2.78 bits per heavy atom. The van der Waals surface area contributed by atoms with Crippen molar-refractivity contribution in [2.75, 3.05) is 0 Å². The molecular formula is C16H20O2. The molecule has 1 aromatic rings. The van der Waals surface area contributed by atoms with Gasteiger partial charge in [0.1, 0.15) is 0 Å². The lowest BCUT2D eigenvalue weighted by atomic mass is 9.79. The standard InChI is InChI=1S/C16H20O2/c1-10(2)13-7-6-12-5-4-11(3)14(9-16(17)18)15(12)8-13/h6-11H,4-5H2,1-3H3,(H,17,18)/b14-9+. The number of carbonyl (C=O) groups is 1. The van der Waals surface area contributed by atoms with Crippen LogP contribution in [0.5, 0.6) is 0 Å². The Morgan fingerprint density at radius 1 is 1.44 bits per heavy atom. The van der Waals surface area contributed by atoms with Gasteiger partial charge in [-0.1, -0.05) is 39.0 Å². The van der Waals surface area contributed by atoms with Crippen molar-refractivity contribution < 1.29 is 9.90 Å². The molecule has 1 aliphatic rings. The minimum atomic E-state index is -0.848. The predicted molar refractivity (Wildman–Crippen MR) is 73.6 cm³/mol. The van der Waals surface area contributed by atoms with Gasteiger partial charge in [0.05, 0.1) is 0 Å². The predicted octanol–water partition coefficient (Wildman–Crippen LogP) is 3.86. The van der Waals surface area contributed by atoms with Crippen LogP contribution in [0.1, 0.15) is 49.8 Å². The first kappa shape index (κ1) is 12.9. The molecule has 0 fully saturated rings. The Morgan fingerprint density at radius 2 is 2.17 bits per heavy atom. The van der Waals surface area contributed by atoms with Crippen LogP contribution in [0.4, 0.5) is 0 Å². The van der Waals surface area contributed by atoms with Crippen LogP contribution >= 0.6 is 0 Å². The van der Waals surface area contributed by atoms with E-state index in [1.165, 1.54) is 17.2 Å². The van der Waals surface area contributed by atoms with E-state index in [-0.39, 0.29) is 0 Å². The van der Waals surface area contributed by atoms with Crippen molar-refractivity contribution in [2.24, 2.45) is 5.92 Å². The molecule has 2 heteroatoms. The van der Waals surface area contributed by atoms with Crippen molar-refractivity contribution in [3.63, 3.8) is 0 Å². The van der Waals surface area contributed by atoms with Gasteiger partial charge in [-0.25, -0.2) is 4.79 Å². The van der Waals surface area contributed by atoms with Crippen LogP contribution in [0.3, 0.4) is 0 Å². The van der Waals surface area contributed by atoms with Gasteiger partial charge in [-0.2, -0.15) is 0 Å². The number of hydrogen-bond acceptors (Lipinski definition) is 1. The van der Waals surface area contributed by atoms with Crippen LogP contribution in [0.2, 0.25) is 0 Å². The molecule has 0 heterocycles. The van der Waals surface area contributed by atoms with E-state index in [0.29, 0.717) is 11.8 Å². The summed E-state index contributed by atoms with van der Waals surface area (Å²) in [6.45, 7) is 6.43. The number of fused-ring (bicyclic) bond motifs is 1. The van der Waals surface area contributed by atoms with E-state index in [9.17, 15) is 4.79 Å². The molecule has 0 bridgehead atoms. The number of aliphatic carboxylic acids is 1. The molecule has 0 spiro atoms. The minimum Gasteiger partial charge on any atom is -0.478 e. The van der Waals surface area contributed by atoms with Crippen molar-refractivity contribution in [2.45, 2.75) is 39.5 Å². The lowest BCUT2D eigenvalue weighted by Crippen LogP contribution is -2.12. The molecule has 1 aromatic carbocycles. The second-order valence-corrected chi connectivity index (χ2v) is 5.45. The maximum Gasteiger partial charge on any atom is 0.328 e. The van der Waals surface area contributed by atoms with E-state index in [1.54, 1.807) is 0 Å². The number of carboxylic acid groups (broad SMARTS) is 1. The smallest absolute Gasteiger partial charge is 0.328 e. The largest absolute Gasteiger partial charge is 0.478 e. The first-order valence-electron chi connectivity index (χ1n) is 6.56. The molecule has 1 aliphatic carbocycles. The van der Waals surface area contributed by atoms with Gasteiger partial charge < -0.3 is 5.11 Å². The summed E-state index contributed by atoms with van der Waals surface area (Å²) in [5.41, 5.74) is 4.68. The van der Waals surface area contributed by atoms with Crippen LogP contribution in [-0.2, 0) is 11.2 Å². The third-order valence-electron chi connectivity index (χ3n) is 3.77. The van der Waals surface area contributed by atoms with Gasteiger partial charge in [0.25, 0.3) is 0 Å². The second kappa shape index (κ2) is 4.97. The molecule has 96 valence electrons. The summed E-state index contributed by atoms with van der Waals surface area (Å²) in [5, 5.41) is 9.01. The third kappa shape index (κ3) is 2.47. The summed E-state index contributed by atoms with van der Waals surface area (Å²) in [5.74, 6) is -0.0470. The number of rotatable bonds is 2. The molecule has 0 radical (unpaired) electrons. The fourth-order valence-electron chi connectivity index (χ4n) is 2.59. The van der Waals surface area contributed by atoms with Gasteiger partial charge in [0.2, 0.25) is 0 Å². The van der Waals surface area contributed by atoms with E-state index in [2.05, 4.69) is 39.0 Å². The molecular weight excluding hydrogens is 224 g/mol. The number of benzene rings is 1.